The molecule has 1 aromatic rings. The van der Waals surface area contributed by atoms with Crippen molar-refractivity contribution in [1.29, 1.82) is 0 Å². The van der Waals surface area contributed by atoms with Crippen LogP contribution in [0.25, 0.3) is 0 Å². The third-order valence-electron chi connectivity index (χ3n) is 4.32. The number of likely N-dealkylation sites (tertiary alicyclic amines) is 1. The van der Waals surface area contributed by atoms with Gasteiger partial charge < -0.3 is 5.32 Å². The molecule has 19 heavy (non-hydrogen) atoms. The third-order valence-corrected chi connectivity index (χ3v) is 4.32. The average Bonchev–Trinajstić information content (AvgIpc) is 2.98. The van der Waals surface area contributed by atoms with Crippen LogP contribution in [0.3, 0.4) is 0 Å². The van der Waals surface area contributed by atoms with Crippen LogP contribution in [0.4, 0.5) is 5.82 Å². The second-order valence-electron chi connectivity index (χ2n) is 6.00. The van der Waals surface area contributed by atoms with Gasteiger partial charge in [-0.2, -0.15) is 0 Å². The zero-order chi connectivity index (χ0) is 13.2. The molecule has 1 aromatic heterocycles. The van der Waals surface area contributed by atoms with Crippen molar-refractivity contribution in [2.45, 2.75) is 52.1 Å². The lowest BCUT2D eigenvalue weighted by atomic mass is 10.1. The molecule has 2 heterocycles. The Morgan fingerprint density at radius 1 is 1.37 bits per heavy atom. The van der Waals surface area contributed by atoms with Gasteiger partial charge in [-0.25, -0.2) is 9.97 Å². The largest absolute Gasteiger partial charge is 0.370 e. The fourth-order valence-corrected chi connectivity index (χ4v) is 3.45. The first-order valence-corrected chi connectivity index (χ1v) is 7.57. The summed E-state index contributed by atoms with van der Waals surface area (Å²) in [6.07, 6.45) is 5.32. The summed E-state index contributed by atoms with van der Waals surface area (Å²) in [5.41, 5.74) is 1.06. The van der Waals surface area contributed by atoms with Gasteiger partial charge in [-0.3, -0.25) is 4.90 Å². The minimum Gasteiger partial charge on any atom is -0.370 e. The maximum Gasteiger partial charge on any atom is 0.144 e. The van der Waals surface area contributed by atoms with Gasteiger partial charge in [-0.15, -0.1) is 0 Å². The molecule has 4 nitrogen and oxygen atoms in total. The van der Waals surface area contributed by atoms with Crippen LogP contribution in [0.1, 0.15) is 44.1 Å². The highest BCUT2D eigenvalue weighted by Gasteiger charge is 2.37. The van der Waals surface area contributed by atoms with Gasteiger partial charge in [0.1, 0.15) is 11.6 Å². The van der Waals surface area contributed by atoms with Crippen molar-refractivity contribution < 1.29 is 0 Å². The van der Waals surface area contributed by atoms with Crippen molar-refractivity contribution in [2.24, 2.45) is 5.92 Å². The van der Waals surface area contributed by atoms with E-state index in [-0.39, 0.29) is 0 Å². The van der Waals surface area contributed by atoms with E-state index in [2.05, 4.69) is 34.0 Å². The zero-order valence-corrected chi connectivity index (χ0v) is 12.0. The van der Waals surface area contributed by atoms with Crippen molar-refractivity contribution in [3.63, 3.8) is 0 Å². The number of nitrogens with zero attached hydrogens (tertiary/aromatic N) is 3. The summed E-state index contributed by atoms with van der Waals surface area (Å²) in [6, 6.07) is 2.83. The summed E-state index contributed by atoms with van der Waals surface area (Å²) in [6.45, 7) is 7.37. The van der Waals surface area contributed by atoms with Gasteiger partial charge in [0.25, 0.3) is 0 Å². The number of piperidine rings is 1. The topological polar surface area (TPSA) is 41.1 Å². The Balaban J connectivity index is 1.68. The van der Waals surface area contributed by atoms with E-state index in [9.17, 15) is 0 Å². The monoisotopic (exact) mass is 260 g/mol. The molecule has 1 saturated carbocycles. The summed E-state index contributed by atoms with van der Waals surface area (Å²) in [5, 5.41) is 3.36. The summed E-state index contributed by atoms with van der Waals surface area (Å²) >= 11 is 0. The highest BCUT2D eigenvalue weighted by Crippen LogP contribution is 2.37. The Morgan fingerprint density at radius 2 is 2.26 bits per heavy atom. The zero-order valence-electron chi connectivity index (χ0n) is 12.0. The number of hydrogen-bond acceptors (Lipinski definition) is 4. The Kier molecular flexibility index (Phi) is 3.69. The van der Waals surface area contributed by atoms with Crippen molar-refractivity contribution in [3.8, 4) is 0 Å². The smallest absolute Gasteiger partial charge is 0.144 e. The van der Waals surface area contributed by atoms with Crippen LogP contribution in [0.2, 0.25) is 0 Å². The SMILES string of the molecule is CCCNc1cc(C)nc(CN2CC3CCC2C3)n1. The van der Waals surface area contributed by atoms with Crippen LogP contribution < -0.4 is 5.32 Å². The molecule has 0 aromatic carbocycles. The molecule has 1 saturated heterocycles. The minimum absolute atomic E-state index is 0.793. The molecule has 2 unspecified atom stereocenters. The molecule has 4 heteroatoms. The molecule has 2 fully saturated rings. The van der Waals surface area contributed by atoms with Crippen molar-refractivity contribution in [1.82, 2.24) is 14.9 Å². The van der Waals surface area contributed by atoms with E-state index in [0.29, 0.717) is 0 Å². The maximum atomic E-state index is 4.65. The highest BCUT2D eigenvalue weighted by molar-refractivity contribution is 5.35. The second kappa shape index (κ2) is 5.45. The average molecular weight is 260 g/mol. The lowest BCUT2D eigenvalue weighted by molar-refractivity contribution is 0.200. The van der Waals surface area contributed by atoms with Crippen LogP contribution in [0, 0.1) is 12.8 Å². The molecule has 104 valence electrons. The van der Waals surface area contributed by atoms with Crippen LogP contribution in [0.5, 0.6) is 0 Å². The predicted molar refractivity (Wildman–Crippen MR) is 77.1 cm³/mol. The molecule has 1 N–H and O–H groups in total. The maximum absolute atomic E-state index is 4.65. The van der Waals surface area contributed by atoms with E-state index in [1.54, 1.807) is 0 Å². The minimum atomic E-state index is 0.793. The van der Waals surface area contributed by atoms with Gasteiger partial charge in [-0.1, -0.05) is 6.92 Å². The fraction of sp³-hybridized carbons (Fsp3) is 0.733. The molecule has 0 radical (unpaired) electrons. The Bertz CT molecular complexity index is 446. The van der Waals surface area contributed by atoms with E-state index in [4.69, 9.17) is 0 Å². The number of fused-ring (bicyclic) bond motifs is 2. The first kappa shape index (κ1) is 12.9. The molecule has 2 bridgehead atoms. The summed E-state index contributed by atoms with van der Waals surface area (Å²) < 4.78 is 0. The fourth-order valence-electron chi connectivity index (χ4n) is 3.45. The van der Waals surface area contributed by atoms with Gasteiger partial charge in [0.15, 0.2) is 0 Å². The lowest BCUT2D eigenvalue weighted by Gasteiger charge is -2.26. The Hall–Kier alpha value is -1.16. The van der Waals surface area contributed by atoms with E-state index >= 15 is 0 Å². The number of anilines is 1. The Labute approximate surface area is 115 Å². The lowest BCUT2D eigenvalue weighted by Crippen LogP contribution is -2.32. The highest BCUT2D eigenvalue weighted by atomic mass is 15.2. The molecule has 1 aliphatic carbocycles. The number of aromatic nitrogens is 2. The van der Waals surface area contributed by atoms with Gasteiger partial charge in [0, 0.05) is 30.9 Å². The third kappa shape index (κ3) is 2.89. The van der Waals surface area contributed by atoms with Crippen molar-refractivity contribution in [3.05, 3.63) is 17.6 Å². The summed E-state index contributed by atoms with van der Waals surface area (Å²) in [5.74, 6) is 2.90. The first-order valence-electron chi connectivity index (χ1n) is 7.57. The van der Waals surface area contributed by atoms with Crippen LogP contribution in [-0.4, -0.2) is 34.0 Å². The number of nitrogens with one attached hydrogen (secondary N) is 1. The number of rotatable bonds is 5. The first-order chi connectivity index (χ1) is 9.24. The molecule has 0 spiro atoms. The van der Waals surface area contributed by atoms with Crippen LogP contribution >= 0.6 is 0 Å². The van der Waals surface area contributed by atoms with Crippen LogP contribution in [-0.2, 0) is 6.54 Å². The van der Waals surface area contributed by atoms with Crippen LogP contribution in [0.15, 0.2) is 6.07 Å². The molecular weight excluding hydrogens is 236 g/mol. The molecule has 2 atom stereocenters. The van der Waals surface area contributed by atoms with Crippen molar-refractivity contribution >= 4 is 5.82 Å². The predicted octanol–water partition coefficient (Wildman–Crippen LogP) is 2.59. The number of hydrogen-bond donors (Lipinski definition) is 1. The standard InChI is InChI=1S/C15H24N4/c1-3-6-16-14-7-11(2)17-15(18-14)10-19-9-12-4-5-13(19)8-12/h7,12-13H,3-6,8-10H2,1-2H3,(H,16,17,18). The summed E-state index contributed by atoms with van der Waals surface area (Å²) in [4.78, 5) is 11.8. The molecular formula is C15H24N4. The van der Waals surface area contributed by atoms with Crippen molar-refractivity contribution in [2.75, 3.05) is 18.4 Å². The number of aryl methyl sites for hydroxylation is 1. The molecule has 0 amide bonds. The second-order valence-corrected chi connectivity index (χ2v) is 6.00. The van der Waals surface area contributed by atoms with Gasteiger partial charge in [0.2, 0.25) is 0 Å². The van der Waals surface area contributed by atoms with E-state index in [0.717, 1.165) is 48.8 Å². The normalized spacial score (nSPS) is 26.0. The van der Waals surface area contributed by atoms with E-state index in [1.165, 1.54) is 25.8 Å². The summed E-state index contributed by atoms with van der Waals surface area (Å²) in [7, 11) is 0. The van der Waals surface area contributed by atoms with E-state index < -0.39 is 0 Å². The van der Waals surface area contributed by atoms with E-state index in [1.807, 2.05) is 6.07 Å². The van der Waals surface area contributed by atoms with Gasteiger partial charge in [0.05, 0.1) is 6.54 Å². The molecule has 2 aliphatic rings. The Morgan fingerprint density at radius 3 is 2.95 bits per heavy atom. The van der Waals surface area contributed by atoms with Gasteiger partial charge >= 0.3 is 0 Å². The quantitative estimate of drug-likeness (QED) is 0.883. The molecule has 1 aliphatic heterocycles. The molecule has 3 rings (SSSR count). The van der Waals surface area contributed by atoms with Gasteiger partial charge in [-0.05, 0) is 38.5 Å².